The molecule has 0 bridgehead atoms. The van der Waals surface area contributed by atoms with Crippen LogP contribution in [0.4, 0.5) is 5.69 Å². The molecule has 2 aromatic carbocycles. The predicted octanol–water partition coefficient (Wildman–Crippen LogP) is 3.18. The van der Waals surface area contributed by atoms with E-state index in [1.54, 1.807) is 7.11 Å². The maximum absolute atomic E-state index is 12.9. The van der Waals surface area contributed by atoms with Crippen molar-refractivity contribution in [2.75, 3.05) is 44.7 Å². The molecule has 1 saturated heterocycles. The smallest absolute Gasteiger partial charge is 0.253 e. The van der Waals surface area contributed by atoms with E-state index in [1.165, 1.54) is 5.69 Å². The quantitative estimate of drug-likeness (QED) is 0.632. The van der Waals surface area contributed by atoms with Crippen LogP contribution in [0.3, 0.4) is 0 Å². The van der Waals surface area contributed by atoms with Crippen LogP contribution in [0.15, 0.2) is 60.7 Å². The Kier molecular flexibility index (Phi) is 6.68. The minimum atomic E-state index is -0.242. The Morgan fingerprint density at radius 3 is 2.30 bits per heavy atom. The van der Waals surface area contributed by atoms with E-state index in [2.05, 4.69) is 22.3 Å². The summed E-state index contributed by atoms with van der Waals surface area (Å²) in [6, 6.07) is 19.8. The average molecular weight is 447 g/mol. The fourth-order valence-electron chi connectivity index (χ4n) is 4.36. The maximum Gasteiger partial charge on any atom is 0.253 e. The lowest BCUT2D eigenvalue weighted by Crippen LogP contribution is -2.51. The molecule has 0 unspecified atom stereocenters. The molecule has 0 aliphatic carbocycles. The van der Waals surface area contributed by atoms with Crippen molar-refractivity contribution in [2.24, 2.45) is 0 Å². The van der Waals surface area contributed by atoms with Gasteiger partial charge in [-0.25, -0.2) is 0 Å². The summed E-state index contributed by atoms with van der Waals surface area (Å²) < 4.78 is 7.34. The second-order valence-corrected chi connectivity index (χ2v) is 8.21. The normalized spacial score (nSPS) is 13.7. The van der Waals surface area contributed by atoms with E-state index in [4.69, 9.17) is 4.74 Å². The lowest BCUT2D eigenvalue weighted by Gasteiger charge is -2.36. The minimum absolute atomic E-state index is 0.00695. The Hall–Kier alpha value is -3.74. The number of para-hydroxylation sites is 1. The van der Waals surface area contributed by atoms with Crippen LogP contribution in [0.5, 0.6) is 5.75 Å². The molecule has 0 saturated carbocycles. The molecular weight excluding hydrogens is 416 g/mol. The molecule has 1 aromatic heterocycles. The summed E-state index contributed by atoms with van der Waals surface area (Å²) in [5, 5.41) is 2.81. The number of piperazine rings is 1. The van der Waals surface area contributed by atoms with Gasteiger partial charge in [0, 0.05) is 55.0 Å². The monoisotopic (exact) mass is 446 g/mol. The molecule has 2 heterocycles. The largest absolute Gasteiger partial charge is 0.497 e. The van der Waals surface area contributed by atoms with Crippen molar-refractivity contribution in [3.63, 3.8) is 0 Å². The number of rotatable bonds is 6. The second kappa shape index (κ2) is 9.81. The molecular formula is C26H30N4O3. The Bertz CT molecular complexity index is 1130. The first-order valence-corrected chi connectivity index (χ1v) is 11.2. The van der Waals surface area contributed by atoms with Gasteiger partial charge in [0.25, 0.3) is 5.91 Å². The van der Waals surface area contributed by atoms with E-state index in [0.717, 1.165) is 35.9 Å². The van der Waals surface area contributed by atoms with E-state index in [0.29, 0.717) is 18.7 Å². The lowest BCUT2D eigenvalue weighted by molar-refractivity contribution is -0.130. The standard InChI is InChI=1S/C26H30N4O3/c1-19-16-24(20(2)30(19)22-10-7-11-23(17-22)33-3)26(32)27-18-25(31)29-14-12-28(13-15-29)21-8-5-4-6-9-21/h4-11,16-17H,12-15,18H2,1-3H3,(H,27,32). The van der Waals surface area contributed by atoms with Crippen LogP contribution >= 0.6 is 0 Å². The van der Waals surface area contributed by atoms with E-state index in [9.17, 15) is 9.59 Å². The zero-order valence-corrected chi connectivity index (χ0v) is 19.4. The number of carbonyl (C=O) groups is 2. The number of nitrogens with one attached hydrogen (secondary N) is 1. The van der Waals surface area contributed by atoms with Crippen molar-refractivity contribution in [3.05, 3.63) is 77.6 Å². The third kappa shape index (κ3) is 4.87. The number of aryl methyl sites for hydroxylation is 1. The molecule has 172 valence electrons. The fraction of sp³-hybridized carbons (Fsp3) is 0.308. The highest BCUT2D eigenvalue weighted by Gasteiger charge is 2.23. The van der Waals surface area contributed by atoms with Crippen molar-refractivity contribution in [2.45, 2.75) is 13.8 Å². The molecule has 1 fully saturated rings. The van der Waals surface area contributed by atoms with Crippen LogP contribution in [-0.2, 0) is 4.79 Å². The van der Waals surface area contributed by atoms with Crippen LogP contribution < -0.4 is 15.0 Å². The van der Waals surface area contributed by atoms with Gasteiger partial charge in [0.15, 0.2) is 0 Å². The van der Waals surface area contributed by atoms with Gasteiger partial charge in [-0.2, -0.15) is 0 Å². The predicted molar refractivity (Wildman–Crippen MR) is 129 cm³/mol. The van der Waals surface area contributed by atoms with Crippen molar-refractivity contribution < 1.29 is 14.3 Å². The van der Waals surface area contributed by atoms with Crippen molar-refractivity contribution in [1.29, 1.82) is 0 Å². The number of amides is 2. The van der Waals surface area contributed by atoms with Crippen molar-refractivity contribution >= 4 is 17.5 Å². The van der Waals surface area contributed by atoms with E-state index >= 15 is 0 Å². The fourth-order valence-corrected chi connectivity index (χ4v) is 4.36. The molecule has 33 heavy (non-hydrogen) atoms. The van der Waals surface area contributed by atoms with Crippen LogP contribution in [-0.4, -0.2) is 61.1 Å². The Morgan fingerprint density at radius 2 is 1.61 bits per heavy atom. The summed E-state index contributed by atoms with van der Waals surface area (Å²) in [6.07, 6.45) is 0. The molecule has 4 rings (SSSR count). The summed E-state index contributed by atoms with van der Waals surface area (Å²) in [7, 11) is 1.63. The summed E-state index contributed by atoms with van der Waals surface area (Å²) in [4.78, 5) is 29.7. The summed E-state index contributed by atoms with van der Waals surface area (Å²) in [5.74, 6) is 0.454. The second-order valence-electron chi connectivity index (χ2n) is 8.21. The Labute approximate surface area is 194 Å². The molecule has 0 radical (unpaired) electrons. The van der Waals surface area contributed by atoms with E-state index < -0.39 is 0 Å². The number of anilines is 1. The summed E-state index contributed by atoms with van der Waals surface area (Å²) in [6.45, 7) is 6.72. The highest BCUT2D eigenvalue weighted by atomic mass is 16.5. The van der Waals surface area contributed by atoms with E-state index in [1.807, 2.05) is 71.8 Å². The number of ether oxygens (including phenoxy) is 1. The lowest BCUT2D eigenvalue weighted by atomic mass is 10.2. The van der Waals surface area contributed by atoms with Crippen LogP contribution in [0.1, 0.15) is 21.7 Å². The molecule has 3 aromatic rings. The van der Waals surface area contributed by atoms with Gasteiger partial charge in [-0.3, -0.25) is 9.59 Å². The van der Waals surface area contributed by atoms with E-state index in [-0.39, 0.29) is 18.4 Å². The Balaban J connectivity index is 1.36. The average Bonchev–Trinajstić information content (AvgIpc) is 3.16. The Morgan fingerprint density at radius 1 is 0.909 bits per heavy atom. The number of hydrogen-bond donors (Lipinski definition) is 1. The zero-order chi connectivity index (χ0) is 23.4. The van der Waals surface area contributed by atoms with Gasteiger partial charge in [0.05, 0.1) is 19.2 Å². The van der Waals surface area contributed by atoms with Crippen molar-refractivity contribution in [3.8, 4) is 11.4 Å². The number of nitrogens with zero attached hydrogens (tertiary/aromatic N) is 3. The van der Waals surface area contributed by atoms with Gasteiger partial charge < -0.3 is 24.4 Å². The molecule has 2 amide bonds. The van der Waals surface area contributed by atoms with Gasteiger partial charge in [0.1, 0.15) is 5.75 Å². The molecule has 7 nitrogen and oxygen atoms in total. The molecule has 1 aliphatic rings. The third-order valence-corrected chi connectivity index (χ3v) is 6.14. The minimum Gasteiger partial charge on any atom is -0.497 e. The number of carbonyl (C=O) groups excluding carboxylic acids is 2. The molecule has 1 aliphatic heterocycles. The first-order valence-electron chi connectivity index (χ1n) is 11.2. The molecule has 0 atom stereocenters. The van der Waals surface area contributed by atoms with Crippen molar-refractivity contribution in [1.82, 2.24) is 14.8 Å². The summed E-state index contributed by atoms with van der Waals surface area (Å²) in [5.41, 5.74) is 4.42. The zero-order valence-electron chi connectivity index (χ0n) is 19.4. The van der Waals surface area contributed by atoms with Gasteiger partial charge in [-0.1, -0.05) is 24.3 Å². The first kappa shape index (κ1) is 22.5. The number of hydrogen-bond acceptors (Lipinski definition) is 4. The molecule has 7 heteroatoms. The van der Waals surface area contributed by atoms with Crippen LogP contribution in [0, 0.1) is 13.8 Å². The number of methoxy groups -OCH3 is 1. The SMILES string of the molecule is COc1cccc(-n2c(C)cc(C(=O)NCC(=O)N3CCN(c4ccccc4)CC3)c2C)c1. The van der Waals surface area contributed by atoms with Crippen LogP contribution in [0.2, 0.25) is 0 Å². The molecule has 1 N–H and O–H groups in total. The highest BCUT2D eigenvalue weighted by molar-refractivity contribution is 5.98. The number of benzene rings is 2. The topological polar surface area (TPSA) is 66.8 Å². The van der Waals surface area contributed by atoms with Gasteiger partial charge in [-0.15, -0.1) is 0 Å². The van der Waals surface area contributed by atoms with Gasteiger partial charge in [-0.05, 0) is 44.2 Å². The molecule has 0 spiro atoms. The summed E-state index contributed by atoms with van der Waals surface area (Å²) >= 11 is 0. The maximum atomic E-state index is 12.9. The first-order chi connectivity index (χ1) is 16.0. The van der Waals surface area contributed by atoms with Gasteiger partial charge in [0.2, 0.25) is 5.91 Å². The highest BCUT2D eigenvalue weighted by Crippen LogP contribution is 2.24. The third-order valence-electron chi connectivity index (χ3n) is 6.14. The number of aromatic nitrogens is 1. The van der Waals surface area contributed by atoms with Crippen LogP contribution in [0.25, 0.3) is 5.69 Å². The van der Waals surface area contributed by atoms with Gasteiger partial charge >= 0.3 is 0 Å².